The Hall–Kier alpha value is -2.71. The Morgan fingerprint density at radius 2 is 1.76 bits per heavy atom. The Balaban J connectivity index is 1.63. The third-order valence-electron chi connectivity index (χ3n) is 7.08. The topological polar surface area (TPSA) is 60.4 Å². The monoisotopic (exact) mass is 542 g/mol. The number of hydrogen-bond acceptors (Lipinski definition) is 5. The second kappa shape index (κ2) is 11.6. The van der Waals surface area contributed by atoms with Gasteiger partial charge in [-0.2, -0.15) is 0 Å². The summed E-state index contributed by atoms with van der Waals surface area (Å²) in [6.45, 7) is 15.8. The molecule has 0 fully saturated rings. The van der Waals surface area contributed by atoms with Crippen LogP contribution in [0, 0.1) is 0 Å². The average Bonchev–Trinajstić information content (AvgIpc) is 2.84. The summed E-state index contributed by atoms with van der Waals surface area (Å²) in [5.41, 5.74) is 3.12. The summed E-state index contributed by atoms with van der Waals surface area (Å²) in [6, 6.07) is 7.61. The van der Waals surface area contributed by atoms with E-state index in [0.717, 1.165) is 28.3 Å². The molecule has 1 aliphatic carbocycles. The Morgan fingerprint density at radius 3 is 2.34 bits per heavy atom. The molecule has 1 amide bonds. The lowest BCUT2D eigenvalue weighted by atomic mass is 9.93. The van der Waals surface area contributed by atoms with E-state index in [1.807, 2.05) is 63.3 Å². The zero-order valence-electron chi connectivity index (χ0n) is 24.3. The van der Waals surface area contributed by atoms with Crippen molar-refractivity contribution in [2.75, 3.05) is 25.2 Å². The van der Waals surface area contributed by atoms with Gasteiger partial charge in [-0.3, -0.25) is 9.89 Å². The maximum Gasteiger partial charge on any atom is 0.414 e. The molecule has 1 aliphatic heterocycles. The van der Waals surface area contributed by atoms with Crippen LogP contribution in [-0.4, -0.2) is 58.2 Å². The molecule has 1 unspecified atom stereocenters. The van der Waals surface area contributed by atoms with Crippen LogP contribution in [0.2, 0.25) is 18.1 Å². The molecule has 6 nitrogen and oxygen atoms in total. The summed E-state index contributed by atoms with van der Waals surface area (Å²) in [7, 11) is -0.396. The molecule has 0 saturated carbocycles. The molecule has 38 heavy (non-hydrogen) atoms. The molecule has 0 spiro atoms. The van der Waals surface area contributed by atoms with E-state index in [1.165, 1.54) is 4.90 Å². The first kappa shape index (κ1) is 29.8. The Labute approximate surface area is 228 Å². The van der Waals surface area contributed by atoms with E-state index in [4.69, 9.17) is 18.9 Å². The molecule has 0 N–H and O–H groups in total. The molecule has 3 rings (SSSR count). The van der Waals surface area contributed by atoms with E-state index in [-0.39, 0.29) is 17.7 Å². The van der Waals surface area contributed by atoms with Gasteiger partial charge in [0.05, 0.1) is 17.5 Å². The van der Waals surface area contributed by atoms with Gasteiger partial charge in [0.15, 0.2) is 8.32 Å². The van der Waals surface area contributed by atoms with Gasteiger partial charge in [-0.25, -0.2) is 9.18 Å². The van der Waals surface area contributed by atoms with Crippen molar-refractivity contribution in [3.63, 3.8) is 0 Å². The van der Waals surface area contributed by atoms with Gasteiger partial charge in [-0.1, -0.05) is 45.1 Å². The van der Waals surface area contributed by atoms with E-state index < -0.39 is 32.8 Å². The number of dihydropyridines is 1. The molecule has 0 bridgehead atoms. The molecule has 2 atom stereocenters. The summed E-state index contributed by atoms with van der Waals surface area (Å²) in [6.07, 6.45) is 7.66. The minimum absolute atomic E-state index is 0.00502. The molecule has 0 aromatic heterocycles. The van der Waals surface area contributed by atoms with Crippen LogP contribution in [0.1, 0.15) is 53.5 Å². The van der Waals surface area contributed by atoms with Crippen LogP contribution in [0.3, 0.4) is 0 Å². The number of carbonyl (C=O) groups is 1. The number of rotatable bonds is 8. The fourth-order valence-electron chi connectivity index (χ4n) is 3.82. The molecule has 0 radical (unpaired) electrons. The normalized spacial score (nSPS) is 18.6. The van der Waals surface area contributed by atoms with Crippen LogP contribution < -0.4 is 4.90 Å². The van der Waals surface area contributed by atoms with Crippen molar-refractivity contribution in [3.05, 3.63) is 65.5 Å². The van der Waals surface area contributed by atoms with Gasteiger partial charge in [0.1, 0.15) is 25.0 Å². The van der Waals surface area contributed by atoms with E-state index in [0.29, 0.717) is 6.42 Å². The number of aliphatic imine (C=N–C) groups is 1. The fraction of sp³-hybridized carbons (Fsp3) is 0.533. The highest BCUT2D eigenvalue weighted by molar-refractivity contribution is 6.74. The first-order valence-corrected chi connectivity index (χ1v) is 16.1. The Morgan fingerprint density at radius 1 is 1.11 bits per heavy atom. The number of benzene rings is 1. The lowest BCUT2D eigenvalue weighted by Crippen LogP contribution is -2.45. The number of carbonyl (C=O) groups excluding carboxylic acids is 1. The van der Waals surface area contributed by atoms with Crippen molar-refractivity contribution >= 4 is 25.8 Å². The molecule has 1 heterocycles. The van der Waals surface area contributed by atoms with E-state index in [1.54, 1.807) is 7.05 Å². The molecule has 2 aliphatic rings. The lowest BCUT2D eigenvalue weighted by molar-refractivity contribution is 0.0580. The Kier molecular flexibility index (Phi) is 9.09. The summed E-state index contributed by atoms with van der Waals surface area (Å²) in [4.78, 5) is 18.8. The van der Waals surface area contributed by atoms with Crippen molar-refractivity contribution in [2.24, 2.45) is 4.99 Å². The SMILES string of the molecule is CN(C(=O)OC(C)(C)C)c1ccc(C2=N[C@H]3CC(OCC(CF)O[Si](C)(C)C(C)(C)C)=CC=C3C=C2)cc1. The number of amides is 1. The first-order chi connectivity index (χ1) is 17.6. The number of anilines is 1. The van der Waals surface area contributed by atoms with Crippen molar-refractivity contribution in [1.82, 2.24) is 0 Å². The number of alkyl halides is 1. The molecular formula is C30H43FN2O4Si. The third kappa shape index (κ3) is 7.66. The van der Waals surface area contributed by atoms with Gasteiger partial charge >= 0.3 is 6.09 Å². The zero-order chi connectivity index (χ0) is 28.3. The second-order valence-electron chi connectivity index (χ2n) is 12.4. The van der Waals surface area contributed by atoms with Crippen LogP contribution in [-0.2, 0) is 13.9 Å². The van der Waals surface area contributed by atoms with Gasteiger partial charge in [0.25, 0.3) is 0 Å². The molecule has 208 valence electrons. The summed E-state index contributed by atoms with van der Waals surface area (Å²) in [5.74, 6) is 0.781. The van der Waals surface area contributed by atoms with Crippen LogP contribution in [0.4, 0.5) is 14.9 Å². The van der Waals surface area contributed by atoms with Crippen molar-refractivity contribution in [1.29, 1.82) is 0 Å². The number of nitrogens with zero attached hydrogens (tertiary/aromatic N) is 2. The lowest BCUT2D eigenvalue weighted by Gasteiger charge is -2.38. The van der Waals surface area contributed by atoms with Gasteiger partial charge in [-0.05, 0) is 74.3 Å². The Bertz CT molecular complexity index is 1120. The van der Waals surface area contributed by atoms with Crippen LogP contribution in [0.15, 0.2) is 64.9 Å². The first-order valence-electron chi connectivity index (χ1n) is 13.2. The van der Waals surface area contributed by atoms with Gasteiger partial charge in [0.2, 0.25) is 0 Å². The number of allylic oxidation sites excluding steroid dienone is 3. The van der Waals surface area contributed by atoms with Gasteiger partial charge < -0.3 is 13.9 Å². The largest absolute Gasteiger partial charge is 0.495 e. The zero-order valence-corrected chi connectivity index (χ0v) is 25.3. The van der Waals surface area contributed by atoms with Crippen LogP contribution in [0.5, 0.6) is 0 Å². The molecule has 0 saturated heterocycles. The van der Waals surface area contributed by atoms with E-state index >= 15 is 0 Å². The molecule has 8 heteroatoms. The van der Waals surface area contributed by atoms with Gasteiger partial charge in [0, 0.05) is 19.2 Å². The van der Waals surface area contributed by atoms with Gasteiger partial charge in [-0.15, -0.1) is 0 Å². The predicted octanol–water partition coefficient (Wildman–Crippen LogP) is 7.38. The number of fused-ring (bicyclic) bond motifs is 1. The number of ether oxygens (including phenoxy) is 2. The average molecular weight is 543 g/mol. The quantitative estimate of drug-likeness (QED) is 0.322. The summed E-state index contributed by atoms with van der Waals surface area (Å²) >= 11 is 0. The smallest absolute Gasteiger partial charge is 0.414 e. The maximum absolute atomic E-state index is 13.8. The summed E-state index contributed by atoms with van der Waals surface area (Å²) < 4.78 is 31.4. The van der Waals surface area contributed by atoms with Crippen LogP contribution >= 0.6 is 0 Å². The highest BCUT2D eigenvalue weighted by Crippen LogP contribution is 2.37. The predicted molar refractivity (Wildman–Crippen MR) is 155 cm³/mol. The van der Waals surface area contributed by atoms with Crippen molar-refractivity contribution < 1.29 is 23.1 Å². The minimum Gasteiger partial charge on any atom is -0.495 e. The third-order valence-corrected chi connectivity index (χ3v) is 11.6. The minimum atomic E-state index is -2.09. The maximum atomic E-state index is 13.8. The van der Waals surface area contributed by atoms with E-state index in [2.05, 4.69) is 39.9 Å². The molecule has 1 aromatic carbocycles. The second-order valence-corrected chi connectivity index (χ2v) is 17.2. The fourth-order valence-corrected chi connectivity index (χ4v) is 5.14. The molecule has 1 aromatic rings. The van der Waals surface area contributed by atoms with Crippen LogP contribution in [0.25, 0.3) is 0 Å². The summed E-state index contributed by atoms with van der Waals surface area (Å²) in [5, 5.41) is 0.00502. The highest BCUT2D eigenvalue weighted by Gasteiger charge is 2.39. The number of hydrogen-bond donors (Lipinski definition) is 0. The van der Waals surface area contributed by atoms with Crippen molar-refractivity contribution in [3.8, 4) is 0 Å². The number of halogens is 1. The standard InChI is InChI=1S/C30H43FN2O4Si/c1-29(2,3)36-28(34)33(7)23-14-10-21(11-15-23)26-17-13-22-12-16-24(18-27(22)32-26)35-20-25(19-31)37-38(8,9)30(4,5)6/h10-17,25,27H,18-20H2,1-9H3/t25?,27-/m0/s1. The molecular weight excluding hydrogens is 499 g/mol. The van der Waals surface area contributed by atoms with E-state index in [9.17, 15) is 9.18 Å². The van der Waals surface area contributed by atoms with Crippen molar-refractivity contribution in [2.45, 2.75) is 83.8 Å². The highest BCUT2D eigenvalue weighted by atomic mass is 28.4.